The highest BCUT2D eigenvalue weighted by molar-refractivity contribution is 7.14. The second kappa shape index (κ2) is 12.0. The van der Waals surface area contributed by atoms with Gasteiger partial charge in [0.05, 0.1) is 37.8 Å². The van der Waals surface area contributed by atoms with Gasteiger partial charge in [0.15, 0.2) is 5.82 Å². The van der Waals surface area contributed by atoms with Gasteiger partial charge in [-0.15, -0.1) is 11.3 Å². The first kappa shape index (κ1) is 25.0. The van der Waals surface area contributed by atoms with Crippen molar-refractivity contribution < 1.29 is 24.2 Å². The summed E-state index contributed by atoms with van der Waals surface area (Å²) in [7, 11) is 1.59. The van der Waals surface area contributed by atoms with E-state index in [0.717, 1.165) is 18.8 Å². The minimum Gasteiger partial charge on any atom is -0.495 e. The lowest BCUT2D eigenvalue weighted by atomic mass is 10.2. The van der Waals surface area contributed by atoms with E-state index in [2.05, 4.69) is 31.2 Å². The molecular formula is C21H23ClN6O5S. The normalized spacial score (nSPS) is 12.8. The number of carbonyl (C=O) groups is 2. The fraction of sp³-hybridized carbons (Fsp3) is 0.238. The number of ether oxygens (including phenoxy) is 2. The molecule has 11 nitrogen and oxygen atoms in total. The van der Waals surface area contributed by atoms with Crippen molar-refractivity contribution in [1.82, 2.24) is 9.97 Å². The number of morpholine rings is 1. The molecule has 1 amide bonds. The lowest BCUT2D eigenvalue weighted by Crippen LogP contribution is -2.36. The minimum absolute atomic E-state index is 0.147. The molecule has 0 spiro atoms. The zero-order valence-corrected chi connectivity index (χ0v) is 19.7. The number of carbonyl (C=O) groups excluding carboxylic acids is 1. The molecule has 0 saturated carbocycles. The molecule has 180 valence electrons. The van der Waals surface area contributed by atoms with E-state index in [1.165, 1.54) is 23.6 Å². The minimum atomic E-state index is -1.03. The van der Waals surface area contributed by atoms with Gasteiger partial charge in [-0.25, -0.2) is 9.78 Å². The first-order chi connectivity index (χ1) is 16.5. The van der Waals surface area contributed by atoms with Gasteiger partial charge < -0.3 is 35.8 Å². The summed E-state index contributed by atoms with van der Waals surface area (Å²) in [6.45, 7) is 2.99. The Bertz CT molecular complexity index is 1140. The van der Waals surface area contributed by atoms with Crippen molar-refractivity contribution in [2.75, 3.05) is 48.9 Å². The van der Waals surface area contributed by atoms with Crippen molar-refractivity contribution in [2.24, 2.45) is 5.73 Å². The van der Waals surface area contributed by atoms with Gasteiger partial charge in [0.25, 0.3) is 0 Å². The van der Waals surface area contributed by atoms with E-state index in [9.17, 15) is 9.90 Å². The van der Waals surface area contributed by atoms with Gasteiger partial charge in [0, 0.05) is 18.8 Å². The van der Waals surface area contributed by atoms with Crippen LogP contribution in [0.15, 0.2) is 35.8 Å². The maximum atomic E-state index is 11.4. The summed E-state index contributed by atoms with van der Waals surface area (Å²) in [5, 5.41) is 17.8. The van der Waals surface area contributed by atoms with Crippen molar-refractivity contribution in [1.29, 1.82) is 0 Å². The van der Waals surface area contributed by atoms with Crippen LogP contribution < -0.4 is 26.0 Å². The molecule has 0 bridgehead atoms. The number of amides is 1. The van der Waals surface area contributed by atoms with Crippen LogP contribution in [0, 0.1) is 0 Å². The number of benzene rings is 1. The third-order valence-electron chi connectivity index (χ3n) is 4.68. The Labute approximate surface area is 204 Å². The molecule has 4 rings (SSSR count). The lowest BCUT2D eigenvalue weighted by molar-refractivity contribution is -0.106. The number of primary amides is 1. The Kier molecular flexibility index (Phi) is 8.85. The molecule has 1 saturated heterocycles. The fourth-order valence-electron chi connectivity index (χ4n) is 3.13. The summed E-state index contributed by atoms with van der Waals surface area (Å²) in [4.78, 5) is 30.8. The maximum Gasteiger partial charge on any atom is 0.338 e. The van der Waals surface area contributed by atoms with E-state index < -0.39 is 5.97 Å². The average Bonchev–Trinajstić information content (AvgIpc) is 3.31. The van der Waals surface area contributed by atoms with Crippen LogP contribution in [0.2, 0.25) is 5.02 Å². The third kappa shape index (κ3) is 6.25. The number of thiophene rings is 1. The van der Waals surface area contributed by atoms with E-state index in [1.54, 1.807) is 12.5 Å². The Hall–Kier alpha value is -3.61. The van der Waals surface area contributed by atoms with Crippen molar-refractivity contribution in [3.05, 3.63) is 46.4 Å². The van der Waals surface area contributed by atoms with Gasteiger partial charge in [-0.3, -0.25) is 4.79 Å². The fourth-order valence-corrected chi connectivity index (χ4v) is 4.05. The monoisotopic (exact) mass is 506 g/mol. The highest BCUT2D eigenvalue weighted by atomic mass is 35.5. The molecule has 0 aliphatic carbocycles. The summed E-state index contributed by atoms with van der Waals surface area (Å²) in [6.07, 6.45) is 1.70. The molecule has 5 N–H and O–H groups in total. The number of nitrogens with zero attached hydrogens (tertiary/aromatic N) is 3. The molecule has 0 radical (unpaired) electrons. The maximum absolute atomic E-state index is 11.4. The summed E-state index contributed by atoms with van der Waals surface area (Å²) in [5.74, 6) is 0.193. The zero-order valence-electron chi connectivity index (χ0n) is 18.2. The van der Waals surface area contributed by atoms with Crippen LogP contribution in [0.1, 0.15) is 10.4 Å². The number of nitrogens with one attached hydrogen (secondary N) is 2. The predicted octanol–water partition coefficient (Wildman–Crippen LogP) is 3.32. The van der Waals surface area contributed by atoms with Gasteiger partial charge >= 0.3 is 5.97 Å². The first-order valence-electron chi connectivity index (χ1n) is 10.00. The van der Waals surface area contributed by atoms with Crippen molar-refractivity contribution in [3.8, 4) is 5.75 Å². The quantitative estimate of drug-likeness (QED) is 0.351. The van der Waals surface area contributed by atoms with E-state index in [4.69, 9.17) is 25.9 Å². The van der Waals surface area contributed by atoms with Gasteiger partial charge in [0.2, 0.25) is 12.4 Å². The van der Waals surface area contributed by atoms with E-state index in [1.807, 2.05) is 18.2 Å². The Morgan fingerprint density at radius 2 is 2.06 bits per heavy atom. The van der Waals surface area contributed by atoms with Crippen molar-refractivity contribution in [3.63, 3.8) is 0 Å². The number of carboxylic acids is 1. The standard InChI is InChI=1S/C20H20ClN5O4S.CH3NO/c1-29-16-3-2-12(26-5-7-30-8-6-26)10-15(16)23-20-22-11-14(21)17(25-20)24-18-13(19(27)28)4-9-31-18;2-1-3/h2-4,9-11H,5-8H2,1H3,(H,27,28)(H2,22,23,24,25);1H,(H2,2,3). The molecule has 1 aromatic carbocycles. The van der Waals surface area contributed by atoms with Gasteiger partial charge in [-0.2, -0.15) is 4.98 Å². The summed E-state index contributed by atoms with van der Waals surface area (Å²) in [6, 6.07) is 7.37. The Balaban J connectivity index is 0.00000103. The van der Waals surface area contributed by atoms with E-state index in [0.29, 0.717) is 35.5 Å². The predicted molar refractivity (Wildman–Crippen MR) is 131 cm³/mol. The third-order valence-corrected chi connectivity index (χ3v) is 5.78. The van der Waals surface area contributed by atoms with Crippen molar-refractivity contribution >= 4 is 63.5 Å². The average molecular weight is 507 g/mol. The topological polar surface area (TPSA) is 152 Å². The number of hydrogen-bond donors (Lipinski definition) is 4. The molecule has 0 unspecified atom stereocenters. The smallest absolute Gasteiger partial charge is 0.338 e. The van der Waals surface area contributed by atoms with Crippen LogP contribution in [0.25, 0.3) is 0 Å². The molecule has 3 aromatic rings. The highest BCUT2D eigenvalue weighted by Gasteiger charge is 2.16. The summed E-state index contributed by atoms with van der Waals surface area (Å²) < 4.78 is 10.9. The number of halogens is 1. The molecule has 34 heavy (non-hydrogen) atoms. The second-order valence-electron chi connectivity index (χ2n) is 6.73. The van der Waals surface area contributed by atoms with Gasteiger partial charge in [0.1, 0.15) is 15.8 Å². The molecular weight excluding hydrogens is 484 g/mol. The van der Waals surface area contributed by atoms with E-state index in [-0.39, 0.29) is 22.9 Å². The molecule has 1 aliphatic heterocycles. The number of anilines is 5. The SMILES string of the molecule is COc1ccc(N2CCOCC2)cc1Nc1ncc(Cl)c(Nc2sccc2C(=O)O)n1.NC=O. The Morgan fingerprint density at radius 3 is 2.74 bits per heavy atom. The number of nitrogens with two attached hydrogens (primary N) is 1. The van der Waals surface area contributed by atoms with Crippen LogP contribution in [-0.2, 0) is 9.53 Å². The number of carboxylic acid groups (broad SMARTS) is 1. The molecule has 2 aromatic heterocycles. The van der Waals surface area contributed by atoms with Gasteiger partial charge in [-0.1, -0.05) is 11.6 Å². The van der Waals surface area contributed by atoms with Gasteiger partial charge in [-0.05, 0) is 29.6 Å². The number of hydrogen-bond acceptors (Lipinski definition) is 10. The van der Waals surface area contributed by atoms with Crippen LogP contribution in [0.3, 0.4) is 0 Å². The largest absolute Gasteiger partial charge is 0.495 e. The van der Waals surface area contributed by atoms with Crippen LogP contribution in [0.4, 0.5) is 28.1 Å². The lowest BCUT2D eigenvalue weighted by Gasteiger charge is -2.29. The molecule has 1 aliphatic rings. The van der Waals surface area contributed by atoms with Crippen LogP contribution in [-0.4, -0.2) is 60.9 Å². The van der Waals surface area contributed by atoms with E-state index >= 15 is 0 Å². The van der Waals surface area contributed by atoms with Crippen molar-refractivity contribution in [2.45, 2.75) is 0 Å². The number of aromatic carboxylic acids is 1. The number of rotatable bonds is 7. The first-order valence-corrected chi connectivity index (χ1v) is 11.3. The second-order valence-corrected chi connectivity index (χ2v) is 8.05. The molecule has 3 heterocycles. The van der Waals surface area contributed by atoms with Crippen LogP contribution in [0.5, 0.6) is 5.75 Å². The Morgan fingerprint density at radius 1 is 1.32 bits per heavy atom. The highest BCUT2D eigenvalue weighted by Crippen LogP contribution is 2.34. The number of aromatic nitrogens is 2. The summed E-state index contributed by atoms with van der Waals surface area (Å²) >= 11 is 7.48. The molecule has 0 atom stereocenters. The zero-order chi connectivity index (χ0) is 24.5. The van der Waals surface area contributed by atoms with Crippen LogP contribution >= 0.6 is 22.9 Å². The molecule has 1 fully saturated rings. The molecule has 13 heteroatoms. The number of methoxy groups -OCH3 is 1. The summed E-state index contributed by atoms with van der Waals surface area (Å²) in [5.41, 5.74) is 6.04.